The Hall–Kier alpha value is -2.11. The van der Waals surface area contributed by atoms with E-state index >= 15 is 0 Å². The summed E-state index contributed by atoms with van der Waals surface area (Å²) in [6, 6.07) is 1.56. The van der Waals surface area contributed by atoms with Gasteiger partial charge in [-0.25, -0.2) is 9.78 Å². The van der Waals surface area contributed by atoms with Gasteiger partial charge in [-0.3, -0.25) is 4.79 Å². The average molecular weight is 265 g/mol. The molecule has 1 heterocycles. The fourth-order valence-corrected chi connectivity index (χ4v) is 1.83. The van der Waals surface area contributed by atoms with Crippen LogP contribution in [0.25, 0.3) is 0 Å². The van der Waals surface area contributed by atoms with Crippen molar-refractivity contribution < 1.29 is 14.7 Å². The van der Waals surface area contributed by atoms with Crippen LogP contribution in [0.3, 0.4) is 0 Å². The lowest BCUT2D eigenvalue weighted by molar-refractivity contribution is 0.0695. The Balaban J connectivity index is 3.29. The number of nitrogens with one attached hydrogen (secondary N) is 1. The second-order valence-electron chi connectivity index (χ2n) is 4.34. The number of hydrogen-bond donors (Lipinski definition) is 3. The maximum Gasteiger partial charge on any atom is 0.337 e. The summed E-state index contributed by atoms with van der Waals surface area (Å²) in [5.74, 6) is -1.75. The molecular weight excluding hydrogens is 246 g/mol. The van der Waals surface area contributed by atoms with Gasteiger partial charge in [0.1, 0.15) is 0 Å². The number of nitrogens with zero attached hydrogens (tertiary/aromatic N) is 1. The number of nitrogens with two attached hydrogens (primary N) is 1. The van der Waals surface area contributed by atoms with Gasteiger partial charge in [-0.2, -0.15) is 0 Å². The van der Waals surface area contributed by atoms with E-state index in [4.69, 9.17) is 10.8 Å². The minimum Gasteiger partial charge on any atom is -0.478 e. The van der Waals surface area contributed by atoms with Gasteiger partial charge in [0, 0.05) is 6.04 Å². The topological polar surface area (TPSA) is 105 Å². The first-order valence-electron chi connectivity index (χ1n) is 6.21. The number of carbonyl (C=O) groups is 2. The largest absolute Gasteiger partial charge is 0.478 e. The molecule has 0 aliphatic heterocycles. The molecule has 0 aromatic carbocycles. The van der Waals surface area contributed by atoms with Gasteiger partial charge >= 0.3 is 5.97 Å². The van der Waals surface area contributed by atoms with Gasteiger partial charge in [-0.1, -0.05) is 13.8 Å². The van der Waals surface area contributed by atoms with Crippen molar-refractivity contribution in [2.75, 3.05) is 5.32 Å². The Bertz CT molecular complexity index is 496. The molecule has 6 nitrogen and oxygen atoms in total. The van der Waals surface area contributed by atoms with Crippen molar-refractivity contribution in [3.8, 4) is 0 Å². The molecule has 1 amide bonds. The highest BCUT2D eigenvalue weighted by atomic mass is 16.4. The molecule has 1 aromatic heterocycles. The average Bonchev–Trinajstić information content (AvgIpc) is 2.36. The first kappa shape index (κ1) is 14.9. The summed E-state index contributed by atoms with van der Waals surface area (Å²) in [5.41, 5.74) is 6.08. The van der Waals surface area contributed by atoms with Crippen LogP contribution in [0, 0.1) is 6.92 Å². The number of hydrogen-bond acceptors (Lipinski definition) is 4. The maximum atomic E-state index is 11.4. The second kappa shape index (κ2) is 6.17. The maximum absolute atomic E-state index is 11.4. The Morgan fingerprint density at radius 2 is 2.00 bits per heavy atom. The van der Waals surface area contributed by atoms with Crippen LogP contribution in [-0.2, 0) is 0 Å². The van der Waals surface area contributed by atoms with Gasteiger partial charge in [-0.05, 0) is 25.8 Å². The van der Waals surface area contributed by atoms with Gasteiger partial charge in [0.15, 0.2) is 5.69 Å². The van der Waals surface area contributed by atoms with Crippen LogP contribution in [-0.4, -0.2) is 28.0 Å². The number of rotatable bonds is 6. The SMILES string of the molecule is CCC(CC)Nc1cc(C(=O)O)c(C)nc1C(N)=O. The lowest BCUT2D eigenvalue weighted by atomic mass is 10.1. The molecule has 0 unspecified atom stereocenters. The summed E-state index contributed by atoms with van der Waals surface area (Å²) >= 11 is 0. The molecule has 0 radical (unpaired) electrons. The normalized spacial score (nSPS) is 10.5. The molecule has 1 aromatic rings. The molecule has 4 N–H and O–H groups in total. The molecule has 0 fully saturated rings. The molecule has 6 heteroatoms. The predicted molar refractivity (Wildman–Crippen MR) is 72.4 cm³/mol. The fraction of sp³-hybridized carbons (Fsp3) is 0.462. The van der Waals surface area contributed by atoms with Crippen LogP contribution in [0.2, 0.25) is 0 Å². The van der Waals surface area contributed by atoms with Gasteiger partial charge < -0.3 is 16.2 Å². The summed E-state index contributed by atoms with van der Waals surface area (Å²) in [4.78, 5) is 26.5. The minimum atomic E-state index is -1.08. The first-order valence-corrected chi connectivity index (χ1v) is 6.21. The van der Waals surface area contributed by atoms with E-state index < -0.39 is 11.9 Å². The van der Waals surface area contributed by atoms with Gasteiger partial charge in [0.05, 0.1) is 16.9 Å². The minimum absolute atomic E-state index is 0.0680. The molecule has 0 aliphatic carbocycles. The number of amides is 1. The monoisotopic (exact) mass is 265 g/mol. The van der Waals surface area contributed by atoms with Crippen LogP contribution in [0.1, 0.15) is 53.2 Å². The molecule has 104 valence electrons. The zero-order chi connectivity index (χ0) is 14.6. The van der Waals surface area contributed by atoms with Crippen molar-refractivity contribution in [3.63, 3.8) is 0 Å². The van der Waals surface area contributed by atoms with E-state index in [9.17, 15) is 9.59 Å². The smallest absolute Gasteiger partial charge is 0.337 e. The van der Waals surface area contributed by atoms with E-state index in [1.54, 1.807) is 0 Å². The molecule has 0 aliphatic rings. The molecule has 0 bridgehead atoms. The number of pyridine rings is 1. The Morgan fingerprint density at radius 1 is 1.42 bits per heavy atom. The van der Waals surface area contributed by atoms with E-state index in [0.717, 1.165) is 12.8 Å². The number of aromatic nitrogens is 1. The van der Waals surface area contributed by atoms with E-state index in [-0.39, 0.29) is 23.0 Å². The van der Waals surface area contributed by atoms with Crippen LogP contribution in [0.4, 0.5) is 5.69 Å². The van der Waals surface area contributed by atoms with E-state index in [1.807, 2.05) is 13.8 Å². The molecule has 0 saturated carbocycles. The number of anilines is 1. The summed E-state index contributed by atoms with van der Waals surface area (Å²) in [5, 5.41) is 12.2. The third-order valence-electron chi connectivity index (χ3n) is 3.02. The predicted octanol–water partition coefficient (Wildman–Crippen LogP) is 1.79. The number of aryl methyl sites for hydroxylation is 1. The molecule has 19 heavy (non-hydrogen) atoms. The molecular formula is C13H19N3O3. The summed E-state index contributed by atoms with van der Waals surface area (Å²) in [7, 11) is 0. The molecule has 1 rings (SSSR count). The lowest BCUT2D eigenvalue weighted by Crippen LogP contribution is -2.23. The second-order valence-corrected chi connectivity index (χ2v) is 4.34. The quantitative estimate of drug-likeness (QED) is 0.727. The van der Waals surface area contributed by atoms with Crippen LogP contribution < -0.4 is 11.1 Å². The molecule has 0 spiro atoms. The Kier molecular flexibility index (Phi) is 4.86. The summed E-state index contributed by atoms with van der Waals surface area (Å²) < 4.78 is 0. The number of carbonyl (C=O) groups excluding carboxylic acids is 1. The van der Waals surface area contributed by atoms with Crippen molar-refractivity contribution in [2.24, 2.45) is 5.73 Å². The van der Waals surface area contributed by atoms with Crippen LogP contribution >= 0.6 is 0 Å². The van der Waals surface area contributed by atoms with E-state index in [0.29, 0.717) is 5.69 Å². The number of carboxylic acids is 1. The van der Waals surface area contributed by atoms with Crippen molar-refractivity contribution >= 4 is 17.6 Å². The van der Waals surface area contributed by atoms with Crippen LogP contribution in [0.15, 0.2) is 6.07 Å². The molecule has 0 saturated heterocycles. The fourth-order valence-electron chi connectivity index (χ4n) is 1.83. The van der Waals surface area contributed by atoms with E-state index in [1.165, 1.54) is 13.0 Å². The standard InChI is InChI=1S/C13H19N3O3/c1-4-8(5-2)16-10-6-9(13(18)19)7(3)15-11(10)12(14)17/h6,8,16H,4-5H2,1-3H3,(H2,14,17)(H,18,19). The summed E-state index contributed by atoms with van der Waals surface area (Å²) in [6.07, 6.45) is 1.70. The lowest BCUT2D eigenvalue weighted by Gasteiger charge is -2.18. The molecule has 0 atom stereocenters. The Morgan fingerprint density at radius 3 is 2.42 bits per heavy atom. The van der Waals surface area contributed by atoms with Crippen molar-refractivity contribution in [1.82, 2.24) is 4.98 Å². The van der Waals surface area contributed by atoms with Crippen molar-refractivity contribution in [2.45, 2.75) is 39.7 Å². The Labute approximate surface area is 112 Å². The van der Waals surface area contributed by atoms with Gasteiger partial charge in [0.25, 0.3) is 5.91 Å². The highest BCUT2D eigenvalue weighted by Crippen LogP contribution is 2.20. The van der Waals surface area contributed by atoms with E-state index in [2.05, 4.69) is 10.3 Å². The third-order valence-corrected chi connectivity index (χ3v) is 3.02. The third kappa shape index (κ3) is 3.43. The zero-order valence-electron chi connectivity index (χ0n) is 11.4. The highest BCUT2D eigenvalue weighted by molar-refractivity contribution is 5.99. The van der Waals surface area contributed by atoms with Crippen LogP contribution in [0.5, 0.6) is 0 Å². The number of aromatic carboxylic acids is 1. The van der Waals surface area contributed by atoms with Gasteiger partial charge in [0.2, 0.25) is 0 Å². The first-order chi connectivity index (χ1) is 8.90. The highest BCUT2D eigenvalue weighted by Gasteiger charge is 2.18. The summed E-state index contributed by atoms with van der Waals surface area (Å²) in [6.45, 7) is 5.55. The zero-order valence-corrected chi connectivity index (χ0v) is 11.4. The van der Waals surface area contributed by atoms with Crippen molar-refractivity contribution in [1.29, 1.82) is 0 Å². The van der Waals surface area contributed by atoms with Gasteiger partial charge in [-0.15, -0.1) is 0 Å². The van der Waals surface area contributed by atoms with Crippen molar-refractivity contribution in [3.05, 3.63) is 23.0 Å². The number of primary amides is 1. The number of carboxylic acid groups (broad SMARTS) is 1.